The SMILES string of the molecule is Cc1cc(C(=O)NCc2cncs2)cnc1N1CCc2ncccc2C1. The van der Waals surface area contributed by atoms with E-state index in [1.54, 1.807) is 17.9 Å². The lowest BCUT2D eigenvalue weighted by molar-refractivity contribution is 0.0951. The number of carbonyl (C=O) groups is 1. The van der Waals surface area contributed by atoms with Crippen LogP contribution >= 0.6 is 11.3 Å². The Kier molecular flexibility index (Phi) is 4.62. The van der Waals surface area contributed by atoms with Crippen molar-refractivity contribution < 1.29 is 4.79 Å². The largest absolute Gasteiger partial charge is 0.352 e. The summed E-state index contributed by atoms with van der Waals surface area (Å²) in [6.45, 7) is 4.17. The Morgan fingerprint density at radius 2 is 2.27 bits per heavy atom. The maximum Gasteiger partial charge on any atom is 0.253 e. The molecule has 4 heterocycles. The maximum atomic E-state index is 12.4. The summed E-state index contributed by atoms with van der Waals surface area (Å²) >= 11 is 1.53. The summed E-state index contributed by atoms with van der Waals surface area (Å²) in [4.78, 5) is 28.7. The standard InChI is InChI=1S/C19H19N5OS/c1-13-7-15(19(25)23-10-16-9-20-12-26-16)8-22-18(13)24-6-4-17-14(11-24)3-2-5-21-17/h2-3,5,7-9,12H,4,6,10-11H2,1H3,(H,23,25). The highest BCUT2D eigenvalue weighted by atomic mass is 32.1. The lowest BCUT2D eigenvalue weighted by Crippen LogP contribution is -2.32. The van der Waals surface area contributed by atoms with Gasteiger partial charge < -0.3 is 10.2 Å². The average molecular weight is 365 g/mol. The molecule has 0 spiro atoms. The van der Waals surface area contributed by atoms with E-state index in [9.17, 15) is 4.79 Å². The van der Waals surface area contributed by atoms with Gasteiger partial charge >= 0.3 is 0 Å². The number of aryl methyl sites for hydroxylation is 1. The number of fused-ring (bicyclic) bond motifs is 1. The number of rotatable bonds is 4. The summed E-state index contributed by atoms with van der Waals surface area (Å²) in [5.74, 6) is 0.812. The highest BCUT2D eigenvalue weighted by molar-refractivity contribution is 7.09. The Hall–Kier alpha value is -2.80. The highest BCUT2D eigenvalue weighted by Crippen LogP contribution is 2.24. The molecule has 0 aromatic carbocycles. The molecular weight excluding hydrogens is 346 g/mol. The van der Waals surface area contributed by atoms with Gasteiger partial charge in [-0.2, -0.15) is 0 Å². The molecule has 4 rings (SSSR count). The van der Waals surface area contributed by atoms with Crippen molar-refractivity contribution in [1.29, 1.82) is 0 Å². The van der Waals surface area contributed by atoms with Crippen molar-refractivity contribution in [2.24, 2.45) is 0 Å². The van der Waals surface area contributed by atoms with E-state index >= 15 is 0 Å². The quantitative estimate of drug-likeness (QED) is 0.770. The fraction of sp³-hybridized carbons (Fsp3) is 0.263. The van der Waals surface area contributed by atoms with Crippen LogP contribution in [0, 0.1) is 6.92 Å². The molecule has 0 saturated heterocycles. The molecular formula is C19H19N5OS. The van der Waals surface area contributed by atoms with E-state index in [1.165, 1.54) is 22.6 Å². The molecule has 0 unspecified atom stereocenters. The molecule has 132 valence electrons. The minimum Gasteiger partial charge on any atom is -0.352 e. The Bertz CT molecular complexity index is 925. The van der Waals surface area contributed by atoms with Gasteiger partial charge in [-0.05, 0) is 30.2 Å². The van der Waals surface area contributed by atoms with Crippen molar-refractivity contribution >= 4 is 23.1 Å². The minimum absolute atomic E-state index is 0.117. The van der Waals surface area contributed by atoms with Crippen LogP contribution in [0.4, 0.5) is 5.82 Å². The Morgan fingerprint density at radius 3 is 3.08 bits per heavy atom. The Labute approximate surface area is 155 Å². The maximum absolute atomic E-state index is 12.4. The number of hydrogen-bond donors (Lipinski definition) is 1. The molecule has 3 aromatic rings. The predicted molar refractivity (Wildman–Crippen MR) is 101 cm³/mol. The number of carbonyl (C=O) groups excluding carboxylic acids is 1. The van der Waals surface area contributed by atoms with Crippen LogP contribution in [0.2, 0.25) is 0 Å². The first-order valence-electron chi connectivity index (χ1n) is 8.50. The number of pyridine rings is 2. The molecule has 0 radical (unpaired) electrons. The molecule has 1 aliphatic heterocycles. The Balaban J connectivity index is 1.47. The number of aromatic nitrogens is 3. The summed E-state index contributed by atoms with van der Waals surface area (Å²) in [6.07, 6.45) is 6.18. The van der Waals surface area contributed by atoms with E-state index in [1.807, 2.05) is 25.3 Å². The van der Waals surface area contributed by atoms with Gasteiger partial charge in [0.1, 0.15) is 5.82 Å². The van der Waals surface area contributed by atoms with E-state index in [-0.39, 0.29) is 5.91 Å². The Morgan fingerprint density at radius 1 is 1.35 bits per heavy atom. The molecule has 0 atom stereocenters. The van der Waals surface area contributed by atoms with Crippen LogP contribution in [0.5, 0.6) is 0 Å². The van der Waals surface area contributed by atoms with Crippen molar-refractivity contribution in [3.05, 3.63) is 69.6 Å². The van der Waals surface area contributed by atoms with Gasteiger partial charge in [0.15, 0.2) is 0 Å². The molecule has 1 N–H and O–H groups in total. The monoisotopic (exact) mass is 365 g/mol. The van der Waals surface area contributed by atoms with E-state index in [2.05, 4.69) is 31.2 Å². The smallest absolute Gasteiger partial charge is 0.253 e. The van der Waals surface area contributed by atoms with Crippen molar-refractivity contribution in [3.63, 3.8) is 0 Å². The second kappa shape index (κ2) is 7.21. The number of hydrogen-bond acceptors (Lipinski definition) is 6. The first-order valence-corrected chi connectivity index (χ1v) is 9.38. The fourth-order valence-corrected chi connectivity index (χ4v) is 3.70. The summed E-state index contributed by atoms with van der Waals surface area (Å²) in [5.41, 5.74) is 5.75. The lowest BCUT2D eigenvalue weighted by atomic mass is 10.0. The number of nitrogens with zero attached hydrogens (tertiary/aromatic N) is 4. The van der Waals surface area contributed by atoms with Gasteiger partial charge in [-0.3, -0.25) is 14.8 Å². The van der Waals surface area contributed by atoms with E-state index in [0.717, 1.165) is 35.8 Å². The van der Waals surface area contributed by atoms with Crippen LogP contribution in [0.15, 0.2) is 42.3 Å². The van der Waals surface area contributed by atoms with Gasteiger partial charge in [0.05, 0.1) is 17.6 Å². The number of nitrogens with one attached hydrogen (secondary N) is 1. The zero-order chi connectivity index (χ0) is 17.9. The number of thiazole rings is 1. The molecule has 26 heavy (non-hydrogen) atoms. The van der Waals surface area contributed by atoms with Gasteiger partial charge in [-0.15, -0.1) is 11.3 Å². The van der Waals surface area contributed by atoms with E-state index < -0.39 is 0 Å². The van der Waals surface area contributed by atoms with Crippen LogP contribution in [-0.4, -0.2) is 27.4 Å². The lowest BCUT2D eigenvalue weighted by Gasteiger charge is -2.30. The zero-order valence-corrected chi connectivity index (χ0v) is 15.3. The summed E-state index contributed by atoms with van der Waals surface area (Å²) in [5, 5.41) is 2.91. The highest BCUT2D eigenvalue weighted by Gasteiger charge is 2.20. The molecule has 1 amide bonds. The van der Waals surface area contributed by atoms with Crippen LogP contribution in [-0.2, 0) is 19.5 Å². The van der Waals surface area contributed by atoms with Gasteiger partial charge in [0.2, 0.25) is 0 Å². The average Bonchev–Trinajstić information content (AvgIpc) is 3.19. The molecule has 7 heteroatoms. The summed E-state index contributed by atoms with van der Waals surface area (Å²) < 4.78 is 0. The van der Waals surface area contributed by atoms with Crippen molar-refractivity contribution in [2.75, 3.05) is 11.4 Å². The zero-order valence-electron chi connectivity index (χ0n) is 14.5. The van der Waals surface area contributed by atoms with Gasteiger partial charge in [-0.1, -0.05) is 6.07 Å². The first-order chi connectivity index (χ1) is 12.7. The molecule has 0 bridgehead atoms. The van der Waals surface area contributed by atoms with Crippen LogP contribution in [0.1, 0.15) is 32.1 Å². The topological polar surface area (TPSA) is 71.0 Å². The third-order valence-electron chi connectivity index (χ3n) is 4.48. The molecule has 3 aromatic heterocycles. The summed E-state index contributed by atoms with van der Waals surface area (Å²) in [6, 6.07) is 5.99. The third kappa shape index (κ3) is 3.43. The number of amides is 1. The summed E-state index contributed by atoms with van der Waals surface area (Å²) in [7, 11) is 0. The van der Waals surface area contributed by atoms with Crippen LogP contribution in [0.3, 0.4) is 0 Å². The van der Waals surface area contributed by atoms with Crippen LogP contribution in [0.25, 0.3) is 0 Å². The van der Waals surface area contributed by atoms with Crippen molar-refractivity contribution in [3.8, 4) is 0 Å². The molecule has 6 nitrogen and oxygen atoms in total. The second-order valence-corrected chi connectivity index (χ2v) is 7.27. The van der Waals surface area contributed by atoms with Gasteiger partial charge in [-0.25, -0.2) is 4.98 Å². The fourth-order valence-electron chi connectivity index (χ4n) is 3.17. The molecule has 1 aliphatic rings. The predicted octanol–water partition coefficient (Wildman–Crippen LogP) is 2.73. The minimum atomic E-state index is -0.117. The third-order valence-corrected chi connectivity index (χ3v) is 5.26. The van der Waals surface area contributed by atoms with Crippen molar-refractivity contribution in [1.82, 2.24) is 20.3 Å². The van der Waals surface area contributed by atoms with Gasteiger partial charge in [0, 0.05) is 48.7 Å². The van der Waals surface area contributed by atoms with E-state index in [0.29, 0.717) is 12.1 Å². The molecule has 0 fully saturated rings. The second-order valence-electron chi connectivity index (χ2n) is 6.30. The van der Waals surface area contributed by atoms with Crippen LogP contribution < -0.4 is 10.2 Å². The van der Waals surface area contributed by atoms with Gasteiger partial charge in [0.25, 0.3) is 5.91 Å². The molecule has 0 saturated carbocycles. The number of anilines is 1. The normalized spacial score (nSPS) is 13.3. The first kappa shape index (κ1) is 16.7. The van der Waals surface area contributed by atoms with Crippen molar-refractivity contribution in [2.45, 2.75) is 26.4 Å². The van der Waals surface area contributed by atoms with E-state index in [4.69, 9.17) is 0 Å². The molecule has 0 aliphatic carbocycles.